The summed E-state index contributed by atoms with van der Waals surface area (Å²) in [5.74, 6) is -0.988. The fourth-order valence-electron chi connectivity index (χ4n) is 2.33. The fourth-order valence-corrected chi connectivity index (χ4v) is 3.18. The molecule has 0 spiro atoms. The lowest BCUT2D eigenvalue weighted by atomic mass is 10.2. The van der Waals surface area contributed by atoms with E-state index in [4.69, 9.17) is 9.84 Å². The molecule has 1 saturated heterocycles. The zero-order chi connectivity index (χ0) is 15.6. The number of carboxylic acids is 1. The lowest BCUT2D eigenvalue weighted by Crippen LogP contribution is -2.51. The number of hydrogen-bond donors (Lipinski definition) is 2. The standard InChI is InChI=1S/C13H19N3O4S/c1-7-5-16(6-8(2)20-7)13(19)14-4-10-15-9(3)11(21-10)12(17)18/h7-8H,4-6H2,1-3H3,(H,14,19)(H,17,18). The molecular weight excluding hydrogens is 294 g/mol. The van der Waals surface area contributed by atoms with E-state index in [1.807, 2.05) is 13.8 Å². The van der Waals surface area contributed by atoms with Gasteiger partial charge in [-0.15, -0.1) is 11.3 Å². The van der Waals surface area contributed by atoms with E-state index in [0.29, 0.717) is 23.8 Å². The number of nitrogens with one attached hydrogen (secondary N) is 1. The molecular formula is C13H19N3O4S. The molecule has 8 heteroatoms. The molecule has 0 radical (unpaired) electrons. The first-order valence-corrected chi connectivity index (χ1v) is 7.56. The molecule has 2 rings (SSSR count). The molecule has 0 aromatic carbocycles. The molecule has 1 fully saturated rings. The number of nitrogens with zero attached hydrogens (tertiary/aromatic N) is 2. The summed E-state index contributed by atoms with van der Waals surface area (Å²) < 4.78 is 5.58. The van der Waals surface area contributed by atoms with Crippen LogP contribution < -0.4 is 5.32 Å². The first-order chi connectivity index (χ1) is 9.86. The second-order valence-electron chi connectivity index (χ2n) is 5.15. The smallest absolute Gasteiger partial charge is 0.347 e. The van der Waals surface area contributed by atoms with Gasteiger partial charge in [0.2, 0.25) is 0 Å². The molecule has 2 N–H and O–H groups in total. The van der Waals surface area contributed by atoms with Crippen molar-refractivity contribution in [2.24, 2.45) is 0 Å². The monoisotopic (exact) mass is 313 g/mol. The van der Waals surface area contributed by atoms with Crippen molar-refractivity contribution in [2.45, 2.75) is 39.5 Å². The highest BCUT2D eigenvalue weighted by Crippen LogP contribution is 2.18. The fraction of sp³-hybridized carbons (Fsp3) is 0.615. The summed E-state index contributed by atoms with van der Waals surface area (Å²) in [6.45, 7) is 6.84. The Balaban J connectivity index is 1.92. The normalized spacial score (nSPS) is 22.1. The van der Waals surface area contributed by atoms with Crippen LogP contribution in [0.5, 0.6) is 0 Å². The topological polar surface area (TPSA) is 91.8 Å². The Bertz CT molecular complexity index is 536. The molecule has 2 heterocycles. The van der Waals surface area contributed by atoms with E-state index in [1.54, 1.807) is 11.8 Å². The Morgan fingerprint density at radius 1 is 1.43 bits per heavy atom. The van der Waals surface area contributed by atoms with Crippen LogP contribution in [-0.4, -0.2) is 52.3 Å². The van der Waals surface area contributed by atoms with Crippen molar-refractivity contribution in [3.05, 3.63) is 15.6 Å². The highest BCUT2D eigenvalue weighted by atomic mass is 32.1. The first kappa shape index (κ1) is 15.7. The summed E-state index contributed by atoms with van der Waals surface area (Å²) in [4.78, 5) is 29.1. The number of aryl methyl sites for hydroxylation is 1. The number of urea groups is 1. The van der Waals surface area contributed by atoms with Crippen LogP contribution in [0.4, 0.5) is 4.79 Å². The van der Waals surface area contributed by atoms with Crippen LogP contribution in [0.25, 0.3) is 0 Å². The molecule has 2 unspecified atom stereocenters. The van der Waals surface area contributed by atoms with E-state index in [9.17, 15) is 9.59 Å². The average Bonchev–Trinajstić information content (AvgIpc) is 2.76. The number of carbonyl (C=O) groups is 2. The predicted octanol–water partition coefficient (Wildman–Crippen LogP) is 1.47. The van der Waals surface area contributed by atoms with Gasteiger partial charge in [0, 0.05) is 13.1 Å². The van der Waals surface area contributed by atoms with Gasteiger partial charge in [-0.1, -0.05) is 0 Å². The molecule has 1 aliphatic rings. The average molecular weight is 313 g/mol. The van der Waals surface area contributed by atoms with Gasteiger partial charge in [0.15, 0.2) is 0 Å². The van der Waals surface area contributed by atoms with Crippen LogP contribution in [0.2, 0.25) is 0 Å². The number of carbonyl (C=O) groups excluding carboxylic acids is 1. The van der Waals surface area contributed by atoms with Crippen LogP contribution >= 0.6 is 11.3 Å². The molecule has 1 aromatic rings. The quantitative estimate of drug-likeness (QED) is 0.881. The Labute approximate surface area is 126 Å². The summed E-state index contributed by atoms with van der Waals surface area (Å²) in [7, 11) is 0. The van der Waals surface area contributed by atoms with E-state index in [-0.39, 0.29) is 29.7 Å². The van der Waals surface area contributed by atoms with E-state index in [1.165, 1.54) is 0 Å². The van der Waals surface area contributed by atoms with Gasteiger partial charge in [-0.2, -0.15) is 0 Å². The maximum atomic E-state index is 12.1. The van der Waals surface area contributed by atoms with E-state index < -0.39 is 5.97 Å². The second kappa shape index (κ2) is 6.40. The maximum Gasteiger partial charge on any atom is 0.347 e. The van der Waals surface area contributed by atoms with Gasteiger partial charge < -0.3 is 20.1 Å². The van der Waals surface area contributed by atoms with Gasteiger partial charge in [-0.05, 0) is 20.8 Å². The summed E-state index contributed by atoms with van der Waals surface area (Å²) in [6, 6.07) is -0.179. The van der Waals surface area contributed by atoms with Gasteiger partial charge in [-0.3, -0.25) is 0 Å². The van der Waals surface area contributed by atoms with E-state index >= 15 is 0 Å². The molecule has 2 atom stereocenters. The zero-order valence-electron chi connectivity index (χ0n) is 12.3. The third kappa shape index (κ3) is 3.92. The number of hydrogen-bond acceptors (Lipinski definition) is 5. The lowest BCUT2D eigenvalue weighted by molar-refractivity contribution is -0.0545. The number of ether oxygens (including phenoxy) is 1. The highest BCUT2D eigenvalue weighted by molar-refractivity contribution is 7.13. The summed E-state index contributed by atoms with van der Waals surface area (Å²) in [6.07, 6.45) is 0.0282. The van der Waals surface area contributed by atoms with Crippen LogP contribution in [0.3, 0.4) is 0 Å². The number of aromatic carboxylic acids is 1. The summed E-state index contributed by atoms with van der Waals surface area (Å²) in [5.41, 5.74) is 0.477. The van der Waals surface area contributed by atoms with E-state index in [2.05, 4.69) is 10.3 Å². The minimum Gasteiger partial charge on any atom is -0.477 e. The second-order valence-corrected chi connectivity index (χ2v) is 6.23. The Morgan fingerprint density at radius 2 is 2.05 bits per heavy atom. The molecule has 0 bridgehead atoms. The Morgan fingerprint density at radius 3 is 2.57 bits per heavy atom. The molecule has 116 valence electrons. The third-order valence-corrected chi connectivity index (χ3v) is 4.28. The zero-order valence-corrected chi connectivity index (χ0v) is 13.1. The molecule has 1 aliphatic heterocycles. The van der Waals surface area contributed by atoms with Crippen molar-refractivity contribution in [3.8, 4) is 0 Å². The molecule has 1 aromatic heterocycles. The number of aromatic nitrogens is 1. The van der Waals surface area contributed by atoms with Gasteiger partial charge in [0.05, 0.1) is 24.4 Å². The molecule has 7 nitrogen and oxygen atoms in total. The highest BCUT2D eigenvalue weighted by Gasteiger charge is 2.25. The SMILES string of the molecule is Cc1nc(CNC(=O)N2CC(C)OC(C)C2)sc1C(=O)O. The number of carboxylic acid groups (broad SMARTS) is 1. The number of thiazole rings is 1. The molecule has 2 amide bonds. The number of morpholine rings is 1. The van der Waals surface area contributed by atoms with Crippen molar-refractivity contribution < 1.29 is 19.4 Å². The van der Waals surface area contributed by atoms with Crippen LogP contribution in [0.1, 0.15) is 34.2 Å². The molecule has 0 aliphatic carbocycles. The Kier molecular flexibility index (Phi) is 4.79. The van der Waals surface area contributed by atoms with Gasteiger partial charge >= 0.3 is 12.0 Å². The van der Waals surface area contributed by atoms with Gasteiger partial charge in [0.25, 0.3) is 0 Å². The number of amides is 2. The first-order valence-electron chi connectivity index (χ1n) is 6.74. The van der Waals surface area contributed by atoms with Crippen LogP contribution in [0.15, 0.2) is 0 Å². The third-order valence-electron chi connectivity index (χ3n) is 3.13. The van der Waals surface area contributed by atoms with Crippen LogP contribution in [0, 0.1) is 6.92 Å². The largest absolute Gasteiger partial charge is 0.477 e. The Hall–Kier alpha value is -1.67. The van der Waals surface area contributed by atoms with Crippen molar-refractivity contribution >= 4 is 23.3 Å². The van der Waals surface area contributed by atoms with E-state index in [0.717, 1.165) is 11.3 Å². The number of rotatable bonds is 3. The predicted molar refractivity (Wildman–Crippen MR) is 77.6 cm³/mol. The van der Waals surface area contributed by atoms with Crippen molar-refractivity contribution in [1.82, 2.24) is 15.2 Å². The van der Waals surface area contributed by atoms with Crippen molar-refractivity contribution in [1.29, 1.82) is 0 Å². The summed E-state index contributed by atoms with van der Waals surface area (Å²) >= 11 is 1.09. The lowest BCUT2D eigenvalue weighted by Gasteiger charge is -2.35. The molecule has 0 saturated carbocycles. The van der Waals surface area contributed by atoms with Gasteiger partial charge in [-0.25, -0.2) is 14.6 Å². The minimum absolute atomic E-state index is 0.0141. The maximum absolute atomic E-state index is 12.1. The van der Waals surface area contributed by atoms with Crippen molar-refractivity contribution in [3.63, 3.8) is 0 Å². The minimum atomic E-state index is -0.988. The van der Waals surface area contributed by atoms with Crippen molar-refractivity contribution in [2.75, 3.05) is 13.1 Å². The summed E-state index contributed by atoms with van der Waals surface area (Å²) in [5, 5.41) is 12.3. The van der Waals surface area contributed by atoms with Crippen LogP contribution in [-0.2, 0) is 11.3 Å². The van der Waals surface area contributed by atoms with Gasteiger partial charge in [0.1, 0.15) is 9.88 Å². The molecule has 21 heavy (non-hydrogen) atoms.